The van der Waals surface area contributed by atoms with Crippen LogP contribution in [0.25, 0.3) is 0 Å². The molecule has 0 saturated heterocycles. The number of esters is 1. The number of benzene rings is 2. The molecule has 7 heteroatoms. The molecule has 0 aliphatic carbocycles. The maximum absolute atomic E-state index is 12.1. The molecular weight excluding hydrogens is 380 g/mol. The van der Waals surface area contributed by atoms with Crippen molar-refractivity contribution >= 4 is 29.4 Å². The van der Waals surface area contributed by atoms with Crippen LogP contribution in [-0.4, -0.2) is 37.0 Å². The Morgan fingerprint density at radius 1 is 1.07 bits per heavy atom. The van der Waals surface area contributed by atoms with E-state index < -0.39 is 30.4 Å². The molecule has 148 valence electrons. The fraction of sp³-hybridized carbons (Fsp3) is 0.286. The van der Waals surface area contributed by atoms with Crippen LogP contribution in [0, 0.1) is 6.92 Å². The third kappa shape index (κ3) is 6.39. The zero-order valence-electron chi connectivity index (χ0n) is 15.8. The van der Waals surface area contributed by atoms with Crippen LogP contribution in [0.15, 0.2) is 48.5 Å². The Hall–Kier alpha value is -2.86. The van der Waals surface area contributed by atoms with E-state index in [0.717, 1.165) is 11.1 Å². The lowest BCUT2D eigenvalue weighted by atomic mass is 10.1. The van der Waals surface area contributed by atoms with Gasteiger partial charge in [0.05, 0.1) is 10.6 Å². The Kier molecular flexibility index (Phi) is 8.02. The summed E-state index contributed by atoms with van der Waals surface area (Å²) in [6.07, 6.45) is 0.691. The van der Waals surface area contributed by atoms with Gasteiger partial charge in [0.2, 0.25) is 0 Å². The van der Waals surface area contributed by atoms with E-state index in [0.29, 0.717) is 13.0 Å². The lowest BCUT2D eigenvalue weighted by Gasteiger charge is -2.14. The first-order chi connectivity index (χ1) is 13.4. The minimum Gasteiger partial charge on any atom is -0.454 e. The molecule has 0 fully saturated rings. The Bertz CT molecular complexity index is 854. The minimum atomic E-state index is -0.913. The zero-order valence-corrected chi connectivity index (χ0v) is 16.6. The largest absolute Gasteiger partial charge is 0.454 e. The summed E-state index contributed by atoms with van der Waals surface area (Å²) in [5.41, 5.74) is 2.57. The van der Waals surface area contributed by atoms with Gasteiger partial charge in [-0.2, -0.15) is 0 Å². The predicted octanol–water partition coefficient (Wildman–Crippen LogP) is 2.67. The Morgan fingerprint density at radius 3 is 2.46 bits per heavy atom. The number of amides is 2. The van der Waals surface area contributed by atoms with Crippen molar-refractivity contribution in [1.82, 2.24) is 10.6 Å². The lowest BCUT2D eigenvalue weighted by molar-refractivity contribution is -0.150. The Labute approximate surface area is 169 Å². The van der Waals surface area contributed by atoms with Gasteiger partial charge in [0.25, 0.3) is 11.8 Å². The molecule has 2 aromatic carbocycles. The van der Waals surface area contributed by atoms with Gasteiger partial charge in [-0.3, -0.25) is 9.59 Å². The first-order valence-electron chi connectivity index (χ1n) is 8.91. The van der Waals surface area contributed by atoms with Crippen molar-refractivity contribution in [2.24, 2.45) is 0 Å². The SMILES string of the molecule is Cc1ccccc1CCNC(=O)COC(=O)[C@H](C)NC(=O)c1ccccc1Cl. The standard InChI is InChI=1S/C21H23ClN2O4/c1-14-7-3-4-8-16(14)11-12-23-19(25)13-28-21(27)15(2)24-20(26)17-9-5-6-10-18(17)22/h3-10,15H,11-13H2,1-2H3,(H,23,25)(H,24,26)/t15-/m0/s1. The molecule has 0 radical (unpaired) electrons. The van der Waals surface area contributed by atoms with Crippen LogP contribution < -0.4 is 10.6 Å². The van der Waals surface area contributed by atoms with Crippen molar-refractivity contribution in [1.29, 1.82) is 0 Å². The molecule has 0 bridgehead atoms. The summed E-state index contributed by atoms with van der Waals surface area (Å²) < 4.78 is 4.96. The van der Waals surface area contributed by atoms with Gasteiger partial charge in [-0.15, -0.1) is 0 Å². The molecule has 0 heterocycles. The quantitative estimate of drug-likeness (QED) is 0.665. The van der Waals surface area contributed by atoms with Crippen LogP contribution in [0.1, 0.15) is 28.4 Å². The van der Waals surface area contributed by atoms with E-state index in [1.54, 1.807) is 24.3 Å². The lowest BCUT2D eigenvalue weighted by Crippen LogP contribution is -2.41. The second-order valence-electron chi connectivity index (χ2n) is 6.31. The van der Waals surface area contributed by atoms with E-state index in [2.05, 4.69) is 10.6 Å². The summed E-state index contributed by atoms with van der Waals surface area (Å²) in [7, 11) is 0. The number of hydrogen-bond acceptors (Lipinski definition) is 4. The van der Waals surface area contributed by atoms with Crippen molar-refractivity contribution in [3.8, 4) is 0 Å². The van der Waals surface area contributed by atoms with Crippen molar-refractivity contribution in [3.05, 3.63) is 70.2 Å². The molecule has 0 saturated carbocycles. The number of carbonyl (C=O) groups is 3. The van der Waals surface area contributed by atoms with Gasteiger partial charge >= 0.3 is 5.97 Å². The predicted molar refractivity (Wildman–Crippen MR) is 107 cm³/mol. The topological polar surface area (TPSA) is 84.5 Å². The summed E-state index contributed by atoms with van der Waals surface area (Å²) in [5.74, 6) is -1.58. The highest BCUT2D eigenvalue weighted by molar-refractivity contribution is 6.33. The average Bonchev–Trinajstić information content (AvgIpc) is 2.67. The number of rotatable bonds is 8. The van der Waals surface area contributed by atoms with Crippen LogP contribution >= 0.6 is 11.6 Å². The summed E-state index contributed by atoms with van der Waals surface area (Å²) in [6, 6.07) is 13.5. The van der Waals surface area contributed by atoms with Crippen molar-refractivity contribution in [2.45, 2.75) is 26.3 Å². The maximum atomic E-state index is 12.1. The molecule has 2 aromatic rings. The van der Waals surface area contributed by atoms with E-state index in [1.165, 1.54) is 6.92 Å². The molecule has 6 nitrogen and oxygen atoms in total. The van der Waals surface area contributed by atoms with Crippen LogP contribution in [0.3, 0.4) is 0 Å². The van der Waals surface area contributed by atoms with E-state index in [4.69, 9.17) is 16.3 Å². The summed E-state index contributed by atoms with van der Waals surface area (Å²) in [4.78, 5) is 36.0. The van der Waals surface area contributed by atoms with Gasteiger partial charge in [-0.1, -0.05) is 48.0 Å². The van der Waals surface area contributed by atoms with Crippen LogP contribution in [0.5, 0.6) is 0 Å². The molecule has 28 heavy (non-hydrogen) atoms. The molecule has 1 atom stereocenters. The van der Waals surface area contributed by atoms with Crippen molar-refractivity contribution in [3.63, 3.8) is 0 Å². The normalized spacial score (nSPS) is 11.4. The second-order valence-corrected chi connectivity index (χ2v) is 6.72. The molecule has 0 aromatic heterocycles. The summed E-state index contributed by atoms with van der Waals surface area (Å²) >= 11 is 5.96. The average molecular weight is 403 g/mol. The van der Waals surface area contributed by atoms with Gasteiger partial charge in [0.1, 0.15) is 6.04 Å². The van der Waals surface area contributed by atoms with Gasteiger partial charge in [-0.25, -0.2) is 4.79 Å². The van der Waals surface area contributed by atoms with Gasteiger partial charge in [-0.05, 0) is 43.5 Å². The number of halogens is 1. The van der Waals surface area contributed by atoms with Crippen molar-refractivity contribution in [2.75, 3.05) is 13.2 Å². The molecule has 0 aliphatic rings. The second kappa shape index (κ2) is 10.5. The Balaban J connectivity index is 1.72. The molecule has 2 N–H and O–H groups in total. The monoisotopic (exact) mass is 402 g/mol. The molecule has 0 spiro atoms. The van der Waals surface area contributed by atoms with Crippen LogP contribution in [0.2, 0.25) is 5.02 Å². The molecule has 0 aliphatic heterocycles. The van der Waals surface area contributed by atoms with Crippen LogP contribution in [0.4, 0.5) is 0 Å². The smallest absolute Gasteiger partial charge is 0.328 e. The maximum Gasteiger partial charge on any atom is 0.328 e. The highest BCUT2D eigenvalue weighted by atomic mass is 35.5. The van der Waals surface area contributed by atoms with E-state index >= 15 is 0 Å². The van der Waals surface area contributed by atoms with Gasteiger partial charge in [0, 0.05) is 6.54 Å². The van der Waals surface area contributed by atoms with Crippen molar-refractivity contribution < 1.29 is 19.1 Å². The highest BCUT2D eigenvalue weighted by Gasteiger charge is 2.20. The van der Waals surface area contributed by atoms with Crippen LogP contribution in [-0.2, 0) is 20.7 Å². The minimum absolute atomic E-state index is 0.262. The van der Waals surface area contributed by atoms with E-state index in [1.807, 2.05) is 31.2 Å². The molecule has 2 amide bonds. The number of aryl methyl sites for hydroxylation is 1. The third-order valence-electron chi connectivity index (χ3n) is 4.14. The fourth-order valence-electron chi connectivity index (χ4n) is 2.52. The number of nitrogens with one attached hydrogen (secondary N) is 2. The first-order valence-corrected chi connectivity index (χ1v) is 9.29. The van der Waals surface area contributed by atoms with E-state index in [9.17, 15) is 14.4 Å². The zero-order chi connectivity index (χ0) is 20.5. The summed E-state index contributed by atoms with van der Waals surface area (Å²) in [5, 5.41) is 5.49. The molecule has 0 unspecified atom stereocenters. The summed E-state index contributed by atoms with van der Waals surface area (Å²) in [6.45, 7) is 3.53. The number of carbonyl (C=O) groups excluding carboxylic acids is 3. The van der Waals surface area contributed by atoms with Gasteiger partial charge < -0.3 is 15.4 Å². The highest BCUT2D eigenvalue weighted by Crippen LogP contribution is 2.14. The molecule has 2 rings (SSSR count). The molecular formula is C21H23ClN2O4. The van der Waals surface area contributed by atoms with E-state index in [-0.39, 0.29) is 10.6 Å². The first kappa shape index (κ1) is 21.4. The fourth-order valence-corrected chi connectivity index (χ4v) is 2.74. The van der Waals surface area contributed by atoms with Gasteiger partial charge in [0.15, 0.2) is 6.61 Å². The number of hydrogen-bond donors (Lipinski definition) is 2. The Morgan fingerprint density at radius 2 is 1.75 bits per heavy atom. The third-order valence-corrected chi connectivity index (χ3v) is 4.47. The number of ether oxygens (including phenoxy) is 1.